The summed E-state index contributed by atoms with van der Waals surface area (Å²) < 4.78 is 53.2. The van der Waals surface area contributed by atoms with Gasteiger partial charge < -0.3 is 0 Å². The molecular weight excluding hydrogens is 312 g/mol. The normalized spacial score (nSPS) is 21.1. The van der Waals surface area contributed by atoms with Gasteiger partial charge in [0, 0.05) is 0 Å². The van der Waals surface area contributed by atoms with Gasteiger partial charge in [-0.3, -0.25) is 4.18 Å². The minimum Gasteiger partial charge on any atom is -0.260 e. The van der Waals surface area contributed by atoms with E-state index in [4.69, 9.17) is 4.18 Å². The second kappa shape index (κ2) is 5.37. The molecule has 118 valence electrons. The summed E-state index contributed by atoms with van der Waals surface area (Å²) in [4.78, 5) is 0.141. The Morgan fingerprint density at radius 3 is 2.24 bits per heavy atom. The molecule has 0 atom stereocenters. The van der Waals surface area contributed by atoms with E-state index in [9.17, 15) is 16.8 Å². The predicted molar refractivity (Wildman–Crippen MR) is 80.5 cm³/mol. The van der Waals surface area contributed by atoms with E-state index in [1.165, 1.54) is 6.07 Å². The Balaban J connectivity index is 2.25. The van der Waals surface area contributed by atoms with Crippen molar-refractivity contribution in [2.45, 2.75) is 44.1 Å². The van der Waals surface area contributed by atoms with E-state index in [0.717, 1.165) is 5.56 Å². The third kappa shape index (κ3) is 3.84. The van der Waals surface area contributed by atoms with Crippen molar-refractivity contribution in [2.75, 3.05) is 11.5 Å². The smallest absolute Gasteiger partial charge is 0.260 e. The van der Waals surface area contributed by atoms with E-state index >= 15 is 0 Å². The van der Waals surface area contributed by atoms with Gasteiger partial charge in [0.2, 0.25) is 0 Å². The van der Waals surface area contributed by atoms with E-state index < -0.39 is 25.6 Å². The first-order chi connectivity index (χ1) is 9.53. The van der Waals surface area contributed by atoms with Gasteiger partial charge in [0.05, 0.1) is 22.0 Å². The van der Waals surface area contributed by atoms with E-state index in [-0.39, 0.29) is 29.2 Å². The topological polar surface area (TPSA) is 77.5 Å². The highest BCUT2D eigenvalue weighted by atomic mass is 32.2. The molecule has 0 N–H and O–H groups in total. The highest BCUT2D eigenvalue weighted by molar-refractivity contribution is 7.91. The molecule has 0 aliphatic carbocycles. The standard InChI is InChI=1S/C14H20O5S2/c1-11-4-5-13(12(2)10-11)21(17,18)19-14(3)6-8-20(15,16)9-7-14/h4-5,10H,6-9H2,1-3H3. The summed E-state index contributed by atoms with van der Waals surface area (Å²) >= 11 is 0. The van der Waals surface area contributed by atoms with Crippen LogP contribution in [0.4, 0.5) is 0 Å². The summed E-state index contributed by atoms with van der Waals surface area (Å²) in [6.07, 6.45) is 0.388. The Bertz CT molecular complexity index is 734. The highest BCUT2D eigenvalue weighted by Gasteiger charge is 2.38. The number of benzene rings is 1. The minimum absolute atomic E-state index is 0.0358. The molecule has 0 bridgehead atoms. The molecule has 1 aliphatic rings. The first kappa shape index (κ1) is 16.5. The predicted octanol–water partition coefficient (Wildman–Crippen LogP) is 1.98. The van der Waals surface area contributed by atoms with E-state index in [1.807, 2.05) is 6.92 Å². The molecule has 21 heavy (non-hydrogen) atoms. The van der Waals surface area contributed by atoms with Gasteiger partial charge in [-0.15, -0.1) is 0 Å². The molecule has 7 heteroatoms. The van der Waals surface area contributed by atoms with Crippen molar-refractivity contribution >= 4 is 20.0 Å². The second-order valence-electron chi connectivity index (χ2n) is 5.91. The van der Waals surface area contributed by atoms with Gasteiger partial charge in [0.1, 0.15) is 0 Å². The number of hydrogen-bond acceptors (Lipinski definition) is 5. The van der Waals surface area contributed by atoms with Gasteiger partial charge in [0.25, 0.3) is 10.1 Å². The van der Waals surface area contributed by atoms with Crippen LogP contribution in [0, 0.1) is 13.8 Å². The van der Waals surface area contributed by atoms with Crippen LogP contribution in [-0.2, 0) is 24.1 Å². The SMILES string of the molecule is Cc1ccc(S(=O)(=O)OC2(C)CCS(=O)(=O)CC2)c(C)c1. The largest absolute Gasteiger partial charge is 0.297 e. The summed E-state index contributed by atoms with van der Waals surface area (Å²) in [5, 5.41) is 0. The fourth-order valence-corrected chi connectivity index (χ4v) is 5.61. The van der Waals surface area contributed by atoms with Crippen molar-refractivity contribution in [3.05, 3.63) is 29.3 Å². The number of aryl methyl sites for hydroxylation is 2. The summed E-state index contributed by atoms with van der Waals surface area (Å²) in [6, 6.07) is 5.03. The average molecular weight is 332 g/mol. The van der Waals surface area contributed by atoms with Gasteiger partial charge in [-0.1, -0.05) is 17.7 Å². The number of hydrogen-bond donors (Lipinski definition) is 0. The third-order valence-electron chi connectivity index (χ3n) is 3.79. The quantitative estimate of drug-likeness (QED) is 0.791. The maximum Gasteiger partial charge on any atom is 0.297 e. The molecule has 1 aliphatic heterocycles. The molecule has 0 aromatic heterocycles. The van der Waals surface area contributed by atoms with E-state index in [1.54, 1.807) is 26.0 Å². The van der Waals surface area contributed by atoms with Crippen LogP contribution in [-0.4, -0.2) is 33.9 Å². The molecule has 0 saturated carbocycles. The van der Waals surface area contributed by atoms with Crippen LogP contribution < -0.4 is 0 Å². The summed E-state index contributed by atoms with van der Waals surface area (Å²) in [5.74, 6) is -0.0716. The molecule has 1 heterocycles. The Hall–Kier alpha value is -0.920. The lowest BCUT2D eigenvalue weighted by atomic mass is 10.0. The fourth-order valence-electron chi connectivity index (χ4n) is 2.44. The van der Waals surface area contributed by atoms with Crippen LogP contribution in [0.5, 0.6) is 0 Å². The lowest BCUT2D eigenvalue weighted by Crippen LogP contribution is -2.40. The fraction of sp³-hybridized carbons (Fsp3) is 0.571. The molecule has 0 amide bonds. The van der Waals surface area contributed by atoms with Crippen molar-refractivity contribution < 1.29 is 21.0 Å². The van der Waals surface area contributed by atoms with Crippen molar-refractivity contribution in [3.63, 3.8) is 0 Å². The zero-order valence-corrected chi connectivity index (χ0v) is 14.1. The molecular formula is C14H20O5S2. The lowest BCUT2D eigenvalue weighted by molar-refractivity contribution is 0.0857. The molecule has 1 fully saturated rings. The maximum absolute atomic E-state index is 12.4. The minimum atomic E-state index is -3.90. The Kier molecular flexibility index (Phi) is 4.21. The zero-order valence-electron chi connectivity index (χ0n) is 12.4. The molecule has 1 saturated heterocycles. The van der Waals surface area contributed by atoms with Crippen LogP contribution in [0.1, 0.15) is 30.9 Å². The lowest BCUT2D eigenvalue weighted by Gasteiger charge is -2.32. The van der Waals surface area contributed by atoms with Gasteiger partial charge in [0.15, 0.2) is 9.84 Å². The molecule has 2 rings (SSSR count). The second-order valence-corrected chi connectivity index (χ2v) is 9.73. The molecule has 1 aromatic carbocycles. The molecule has 0 unspecified atom stereocenters. The first-order valence-corrected chi connectivity index (χ1v) is 9.99. The Morgan fingerprint density at radius 1 is 1.14 bits per heavy atom. The maximum atomic E-state index is 12.4. The molecule has 0 radical (unpaired) electrons. The Labute approximate surface area is 126 Å². The van der Waals surface area contributed by atoms with Crippen molar-refractivity contribution in [2.24, 2.45) is 0 Å². The van der Waals surface area contributed by atoms with Gasteiger partial charge in [-0.2, -0.15) is 8.42 Å². The summed E-state index contributed by atoms with van der Waals surface area (Å²) in [7, 11) is -6.96. The van der Waals surface area contributed by atoms with Gasteiger partial charge in [-0.25, -0.2) is 8.42 Å². The number of sulfone groups is 1. The van der Waals surface area contributed by atoms with Gasteiger partial charge >= 0.3 is 0 Å². The van der Waals surface area contributed by atoms with Crippen molar-refractivity contribution in [1.29, 1.82) is 0 Å². The van der Waals surface area contributed by atoms with Crippen LogP contribution in [0.3, 0.4) is 0 Å². The van der Waals surface area contributed by atoms with Crippen LogP contribution in [0.15, 0.2) is 23.1 Å². The van der Waals surface area contributed by atoms with E-state index in [2.05, 4.69) is 0 Å². The summed E-state index contributed by atoms with van der Waals surface area (Å²) in [5.41, 5.74) is 0.644. The van der Waals surface area contributed by atoms with E-state index in [0.29, 0.717) is 5.56 Å². The van der Waals surface area contributed by atoms with Crippen molar-refractivity contribution in [3.8, 4) is 0 Å². The number of rotatable bonds is 3. The van der Waals surface area contributed by atoms with Crippen LogP contribution in [0.25, 0.3) is 0 Å². The monoisotopic (exact) mass is 332 g/mol. The summed E-state index contributed by atoms with van der Waals surface area (Å²) in [6.45, 7) is 5.26. The van der Waals surface area contributed by atoms with Crippen LogP contribution >= 0.6 is 0 Å². The first-order valence-electron chi connectivity index (χ1n) is 6.76. The third-order valence-corrected chi connectivity index (χ3v) is 7.07. The molecule has 1 aromatic rings. The molecule has 0 spiro atoms. The molecule has 5 nitrogen and oxygen atoms in total. The zero-order chi connectivity index (χ0) is 15.9. The van der Waals surface area contributed by atoms with Crippen LogP contribution in [0.2, 0.25) is 0 Å². The van der Waals surface area contributed by atoms with Gasteiger partial charge in [-0.05, 0) is 45.2 Å². The average Bonchev–Trinajstić information content (AvgIpc) is 2.32. The highest BCUT2D eigenvalue weighted by Crippen LogP contribution is 2.32. The Morgan fingerprint density at radius 2 is 1.71 bits per heavy atom. The van der Waals surface area contributed by atoms with Crippen molar-refractivity contribution in [1.82, 2.24) is 0 Å².